The maximum atomic E-state index is 11.5. The molecular weight excluding hydrogens is 180 g/mol. The predicted molar refractivity (Wildman–Crippen MR) is 54.6 cm³/mol. The molecule has 4 heteroatoms. The normalized spacial score (nSPS) is 26.9. The molecule has 80 valence electrons. The van der Waals surface area contributed by atoms with E-state index in [-0.39, 0.29) is 11.9 Å². The third-order valence-electron chi connectivity index (χ3n) is 2.77. The number of hydrogen-bond donors (Lipinski definition) is 2. The fourth-order valence-corrected chi connectivity index (χ4v) is 1.87. The summed E-state index contributed by atoms with van der Waals surface area (Å²) in [6.45, 7) is 5.96. The van der Waals surface area contributed by atoms with Crippen molar-refractivity contribution in [1.29, 1.82) is 0 Å². The van der Waals surface area contributed by atoms with Crippen LogP contribution in [-0.4, -0.2) is 41.3 Å². The smallest absolute Gasteiger partial charge is 0.237 e. The van der Waals surface area contributed by atoms with Crippen LogP contribution < -0.4 is 5.32 Å². The molecule has 0 radical (unpaired) electrons. The van der Waals surface area contributed by atoms with E-state index >= 15 is 0 Å². The van der Waals surface area contributed by atoms with Gasteiger partial charge < -0.3 is 10.4 Å². The lowest BCUT2D eigenvalue weighted by molar-refractivity contribution is -0.133. The van der Waals surface area contributed by atoms with Crippen LogP contribution in [0.15, 0.2) is 12.7 Å². The van der Waals surface area contributed by atoms with Gasteiger partial charge in [0.05, 0.1) is 6.04 Å². The van der Waals surface area contributed by atoms with E-state index in [1.54, 1.807) is 18.9 Å². The number of carbonyl (C=O) groups excluding carboxylic acids is 1. The van der Waals surface area contributed by atoms with E-state index in [1.807, 2.05) is 0 Å². The average molecular weight is 198 g/mol. The Bertz CT molecular complexity index is 238. The SMILES string of the molecule is C=CC(C)(O)N1CCCC1C(=O)NC. The summed E-state index contributed by atoms with van der Waals surface area (Å²) in [5.74, 6) is -0.0374. The molecule has 1 fully saturated rings. The van der Waals surface area contributed by atoms with Gasteiger partial charge >= 0.3 is 0 Å². The quantitative estimate of drug-likeness (QED) is 0.632. The number of nitrogens with zero attached hydrogens (tertiary/aromatic N) is 1. The van der Waals surface area contributed by atoms with Gasteiger partial charge in [0.15, 0.2) is 0 Å². The third kappa shape index (κ3) is 1.96. The van der Waals surface area contributed by atoms with Gasteiger partial charge in [0.2, 0.25) is 5.91 Å². The highest BCUT2D eigenvalue weighted by Crippen LogP contribution is 2.25. The van der Waals surface area contributed by atoms with Crippen LogP contribution in [-0.2, 0) is 4.79 Å². The Hall–Kier alpha value is -0.870. The van der Waals surface area contributed by atoms with Gasteiger partial charge in [0.1, 0.15) is 5.72 Å². The number of nitrogens with one attached hydrogen (secondary N) is 1. The Kier molecular flexibility index (Phi) is 3.29. The first-order chi connectivity index (χ1) is 6.53. The van der Waals surface area contributed by atoms with Crippen molar-refractivity contribution in [3.8, 4) is 0 Å². The highest BCUT2D eigenvalue weighted by Gasteiger charge is 2.39. The minimum atomic E-state index is -1.09. The van der Waals surface area contributed by atoms with Crippen molar-refractivity contribution < 1.29 is 9.90 Å². The van der Waals surface area contributed by atoms with Crippen molar-refractivity contribution in [1.82, 2.24) is 10.2 Å². The second kappa shape index (κ2) is 4.11. The number of amides is 1. The number of rotatable bonds is 3. The van der Waals surface area contributed by atoms with E-state index in [0.717, 1.165) is 19.4 Å². The Morgan fingerprint density at radius 1 is 1.79 bits per heavy atom. The first-order valence-electron chi connectivity index (χ1n) is 4.87. The molecule has 2 atom stereocenters. The molecule has 2 N–H and O–H groups in total. The summed E-state index contributed by atoms with van der Waals surface area (Å²) < 4.78 is 0. The van der Waals surface area contributed by atoms with Gasteiger partial charge in [-0.15, -0.1) is 0 Å². The first kappa shape index (κ1) is 11.2. The number of likely N-dealkylation sites (tertiary alicyclic amines) is 1. The lowest BCUT2D eigenvalue weighted by Gasteiger charge is -2.34. The van der Waals surface area contributed by atoms with Crippen LogP contribution in [0.25, 0.3) is 0 Å². The van der Waals surface area contributed by atoms with Gasteiger partial charge in [0.25, 0.3) is 0 Å². The summed E-state index contributed by atoms with van der Waals surface area (Å²) in [4.78, 5) is 13.3. The molecular formula is C10H18N2O2. The van der Waals surface area contributed by atoms with Gasteiger partial charge in [0, 0.05) is 13.6 Å². The van der Waals surface area contributed by atoms with Crippen molar-refractivity contribution in [2.75, 3.05) is 13.6 Å². The van der Waals surface area contributed by atoms with Crippen LogP contribution in [0.5, 0.6) is 0 Å². The van der Waals surface area contributed by atoms with Crippen LogP contribution in [0.4, 0.5) is 0 Å². The average Bonchev–Trinajstić information content (AvgIpc) is 2.65. The monoisotopic (exact) mass is 198 g/mol. The van der Waals surface area contributed by atoms with Gasteiger partial charge in [-0.05, 0) is 25.8 Å². The van der Waals surface area contributed by atoms with E-state index in [1.165, 1.54) is 6.08 Å². The molecule has 2 unspecified atom stereocenters. The van der Waals surface area contributed by atoms with Gasteiger partial charge in [-0.2, -0.15) is 0 Å². The van der Waals surface area contributed by atoms with Crippen molar-refractivity contribution in [2.45, 2.75) is 31.5 Å². The minimum Gasteiger partial charge on any atom is -0.372 e. The summed E-state index contributed by atoms with van der Waals surface area (Å²) in [5, 5.41) is 12.6. The summed E-state index contributed by atoms with van der Waals surface area (Å²) in [5.41, 5.74) is -1.09. The zero-order valence-electron chi connectivity index (χ0n) is 8.79. The minimum absolute atomic E-state index is 0.0374. The molecule has 0 bridgehead atoms. The summed E-state index contributed by atoms with van der Waals surface area (Å²) in [7, 11) is 1.61. The number of aliphatic hydroxyl groups is 1. The van der Waals surface area contributed by atoms with Crippen molar-refractivity contribution >= 4 is 5.91 Å². The molecule has 1 aliphatic heterocycles. The van der Waals surface area contributed by atoms with E-state index < -0.39 is 5.72 Å². The standard InChI is InChI=1S/C10H18N2O2/c1-4-10(2,14)12-7-5-6-8(12)9(13)11-3/h4,8,14H,1,5-7H2,2-3H3,(H,11,13). The molecule has 14 heavy (non-hydrogen) atoms. The fourth-order valence-electron chi connectivity index (χ4n) is 1.87. The van der Waals surface area contributed by atoms with Crippen LogP contribution in [0.2, 0.25) is 0 Å². The molecule has 0 aromatic carbocycles. The summed E-state index contributed by atoms with van der Waals surface area (Å²) >= 11 is 0. The molecule has 1 saturated heterocycles. The largest absolute Gasteiger partial charge is 0.372 e. The second-order valence-electron chi connectivity index (χ2n) is 3.76. The molecule has 0 aromatic rings. The third-order valence-corrected chi connectivity index (χ3v) is 2.77. The van der Waals surface area contributed by atoms with E-state index in [4.69, 9.17) is 0 Å². The van der Waals surface area contributed by atoms with Gasteiger partial charge in [-0.25, -0.2) is 0 Å². The molecule has 0 aromatic heterocycles. The molecule has 0 spiro atoms. The maximum absolute atomic E-state index is 11.5. The molecule has 0 aliphatic carbocycles. The number of likely N-dealkylation sites (N-methyl/N-ethyl adjacent to an activating group) is 1. The fraction of sp³-hybridized carbons (Fsp3) is 0.700. The predicted octanol–water partition coefficient (Wildman–Crippen LogP) is 0.0913. The molecule has 1 aliphatic rings. The topological polar surface area (TPSA) is 52.6 Å². The summed E-state index contributed by atoms with van der Waals surface area (Å²) in [6.07, 6.45) is 3.19. The second-order valence-corrected chi connectivity index (χ2v) is 3.76. The Morgan fingerprint density at radius 2 is 2.43 bits per heavy atom. The molecule has 1 rings (SSSR count). The lowest BCUT2D eigenvalue weighted by atomic mass is 10.1. The maximum Gasteiger partial charge on any atom is 0.237 e. The van der Waals surface area contributed by atoms with Crippen molar-refractivity contribution in [3.63, 3.8) is 0 Å². The summed E-state index contributed by atoms with van der Waals surface area (Å²) in [6, 6.07) is -0.229. The van der Waals surface area contributed by atoms with Crippen LogP contribution in [0.1, 0.15) is 19.8 Å². The number of carbonyl (C=O) groups is 1. The number of hydrogen-bond acceptors (Lipinski definition) is 3. The lowest BCUT2D eigenvalue weighted by Crippen LogP contribution is -2.52. The van der Waals surface area contributed by atoms with Gasteiger partial charge in [-0.3, -0.25) is 9.69 Å². The Balaban J connectivity index is 2.78. The molecule has 1 heterocycles. The highest BCUT2D eigenvalue weighted by atomic mass is 16.3. The van der Waals surface area contributed by atoms with E-state index in [2.05, 4.69) is 11.9 Å². The van der Waals surface area contributed by atoms with Crippen LogP contribution in [0.3, 0.4) is 0 Å². The van der Waals surface area contributed by atoms with Gasteiger partial charge in [-0.1, -0.05) is 6.58 Å². The molecule has 0 saturated carbocycles. The van der Waals surface area contributed by atoms with E-state index in [0.29, 0.717) is 0 Å². The van der Waals surface area contributed by atoms with E-state index in [9.17, 15) is 9.90 Å². The van der Waals surface area contributed by atoms with Crippen molar-refractivity contribution in [2.24, 2.45) is 0 Å². The Morgan fingerprint density at radius 3 is 2.93 bits per heavy atom. The van der Waals surface area contributed by atoms with Crippen LogP contribution in [0, 0.1) is 0 Å². The first-order valence-corrected chi connectivity index (χ1v) is 4.87. The van der Waals surface area contributed by atoms with Crippen molar-refractivity contribution in [3.05, 3.63) is 12.7 Å². The molecule has 1 amide bonds. The zero-order valence-corrected chi connectivity index (χ0v) is 8.79. The Labute approximate surface area is 84.6 Å². The highest BCUT2D eigenvalue weighted by molar-refractivity contribution is 5.81. The zero-order chi connectivity index (χ0) is 10.8. The van der Waals surface area contributed by atoms with Crippen LogP contribution >= 0.6 is 0 Å². The molecule has 4 nitrogen and oxygen atoms in total.